The monoisotopic (exact) mass is 305 g/mol. The molecule has 0 aliphatic rings. The SMILES string of the molecule is CCCNCC(C)(C)COc1ccccc1OC(F)(F)F. The van der Waals surface area contributed by atoms with Gasteiger partial charge >= 0.3 is 6.36 Å². The van der Waals surface area contributed by atoms with Gasteiger partial charge in [-0.15, -0.1) is 13.2 Å². The van der Waals surface area contributed by atoms with E-state index >= 15 is 0 Å². The summed E-state index contributed by atoms with van der Waals surface area (Å²) >= 11 is 0. The third-order valence-electron chi connectivity index (χ3n) is 2.72. The van der Waals surface area contributed by atoms with Crippen molar-refractivity contribution in [3.8, 4) is 11.5 Å². The van der Waals surface area contributed by atoms with E-state index in [0.29, 0.717) is 6.61 Å². The van der Waals surface area contributed by atoms with Crippen molar-refractivity contribution >= 4 is 0 Å². The number of para-hydroxylation sites is 2. The van der Waals surface area contributed by atoms with Crippen LogP contribution in [0.15, 0.2) is 24.3 Å². The molecule has 1 rings (SSSR count). The Labute approximate surface area is 123 Å². The van der Waals surface area contributed by atoms with E-state index in [-0.39, 0.29) is 16.9 Å². The first-order valence-electron chi connectivity index (χ1n) is 6.92. The molecule has 0 bridgehead atoms. The maximum Gasteiger partial charge on any atom is 0.573 e. The summed E-state index contributed by atoms with van der Waals surface area (Å²) in [6, 6.07) is 5.80. The Morgan fingerprint density at radius 1 is 1.10 bits per heavy atom. The first-order valence-corrected chi connectivity index (χ1v) is 6.92. The fraction of sp³-hybridized carbons (Fsp3) is 0.600. The Morgan fingerprint density at radius 3 is 2.29 bits per heavy atom. The molecule has 120 valence electrons. The van der Waals surface area contributed by atoms with Gasteiger partial charge in [0.25, 0.3) is 0 Å². The topological polar surface area (TPSA) is 30.5 Å². The fourth-order valence-electron chi connectivity index (χ4n) is 1.71. The quantitative estimate of drug-likeness (QED) is 0.737. The first kappa shape index (κ1) is 17.6. The highest BCUT2D eigenvalue weighted by molar-refractivity contribution is 5.39. The number of alkyl halides is 3. The van der Waals surface area contributed by atoms with E-state index < -0.39 is 6.36 Å². The molecule has 1 aromatic carbocycles. The van der Waals surface area contributed by atoms with Gasteiger partial charge in [0, 0.05) is 12.0 Å². The molecule has 3 nitrogen and oxygen atoms in total. The van der Waals surface area contributed by atoms with E-state index in [9.17, 15) is 13.2 Å². The number of hydrogen-bond acceptors (Lipinski definition) is 3. The zero-order valence-corrected chi connectivity index (χ0v) is 12.6. The summed E-state index contributed by atoms with van der Waals surface area (Å²) in [5.74, 6) is -0.222. The van der Waals surface area contributed by atoms with E-state index in [1.54, 1.807) is 6.07 Å². The summed E-state index contributed by atoms with van der Waals surface area (Å²) in [5.41, 5.74) is -0.194. The van der Waals surface area contributed by atoms with Crippen molar-refractivity contribution in [2.24, 2.45) is 5.41 Å². The third kappa shape index (κ3) is 7.22. The number of ether oxygens (including phenoxy) is 2. The average molecular weight is 305 g/mol. The second-order valence-corrected chi connectivity index (χ2v) is 5.62. The molecular formula is C15H22F3NO2. The molecule has 0 radical (unpaired) electrons. The van der Waals surface area contributed by atoms with Gasteiger partial charge in [0.05, 0.1) is 6.61 Å². The van der Waals surface area contributed by atoms with Gasteiger partial charge in [0.15, 0.2) is 11.5 Å². The van der Waals surface area contributed by atoms with Crippen LogP contribution in [0.25, 0.3) is 0 Å². The molecule has 0 saturated heterocycles. The van der Waals surface area contributed by atoms with Gasteiger partial charge < -0.3 is 14.8 Å². The lowest BCUT2D eigenvalue weighted by Gasteiger charge is -2.25. The second-order valence-electron chi connectivity index (χ2n) is 5.62. The molecule has 0 saturated carbocycles. The van der Waals surface area contributed by atoms with Gasteiger partial charge in [0.1, 0.15) is 0 Å². The van der Waals surface area contributed by atoms with Crippen LogP contribution in [0.1, 0.15) is 27.2 Å². The zero-order chi connectivity index (χ0) is 15.9. The van der Waals surface area contributed by atoms with Gasteiger partial charge in [-0.3, -0.25) is 0 Å². The van der Waals surface area contributed by atoms with Gasteiger partial charge in [-0.25, -0.2) is 0 Å². The number of rotatable bonds is 8. The van der Waals surface area contributed by atoms with Crippen LogP contribution in [0.3, 0.4) is 0 Å². The summed E-state index contributed by atoms with van der Waals surface area (Å²) in [6.45, 7) is 7.97. The highest BCUT2D eigenvalue weighted by Crippen LogP contribution is 2.32. The number of hydrogen-bond donors (Lipinski definition) is 1. The molecule has 1 aromatic rings. The van der Waals surface area contributed by atoms with Crippen LogP contribution in [0.5, 0.6) is 11.5 Å². The Morgan fingerprint density at radius 2 is 1.71 bits per heavy atom. The summed E-state index contributed by atoms with van der Waals surface area (Å²) in [4.78, 5) is 0. The summed E-state index contributed by atoms with van der Waals surface area (Å²) in [5, 5.41) is 3.27. The molecule has 0 unspecified atom stereocenters. The Bertz CT molecular complexity index is 433. The lowest BCUT2D eigenvalue weighted by Crippen LogP contribution is -2.34. The third-order valence-corrected chi connectivity index (χ3v) is 2.72. The van der Waals surface area contributed by atoms with Crippen molar-refractivity contribution in [3.05, 3.63) is 24.3 Å². The lowest BCUT2D eigenvalue weighted by molar-refractivity contribution is -0.275. The molecule has 0 aliphatic heterocycles. The largest absolute Gasteiger partial charge is 0.573 e. The van der Waals surface area contributed by atoms with Crippen molar-refractivity contribution in [1.82, 2.24) is 5.32 Å². The van der Waals surface area contributed by atoms with Crippen LogP contribution >= 0.6 is 0 Å². The Balaban J connectivity index is 2.62. The Hall–Kier alpha value is -1.43. The van der Waals surface area contributed by atoms with Gasteiger partial charge in [-0.2, -0.15) is 0 Å². The highest BCUT2D eigenvalue weighted by atomic mass is 19.4. The first-order chi connectivity index (χ1) is 9.73. The molecule has 0 amide bonds. The molecule has 0 aromatic heterocycles. The number of benzene rings is 1. The average Bonchev–Trinajstić information content (AvgIpc) is 2.36. The van der Waals surface area contributed by atoms with Crippen molar-refractivity contribution in [1.29, 1.82) is 0 Å². The predicted molar refractivity (Wildman–Crippen MR) is 75.6 cm³/mol. The summed E-state index contributed by atoms with van der Waals surface area (Å²) < 4.78 is 46.4. The maximum atomic E-state index is 12.3. The van der Waals surface area contributed by atoms with E-state index in [0.717, 1.165) is 19.5 Å². The summed E-state index contributed by atoms with van der Waals surface area (Å²) in [6.07, 6.45) is -3.70. The predicted octanol–water partition coefficient (Wildman–Crippen LogP) is 3.99. The molecule has 0 aliphatic carbocycles. The Kier molecular flexibility index (Phi) is 6.33. The van der Waals surface area contributed by atoms with Crippen LogP contribution in [-0.2, 0) is 0 Å². The van der Waals surface area contributed by atoms with E-state index in [1.165, 1.54) is 18.2 Å². The molecular weight excluding hydrogens is 283 g/mol. The van der Waals surface area contributed by atoms with Gasteiger partial charge in [-0.05, 0) is 25.1 Å². The smallest absolute Gasteiger partial charge is 0.489 e. The molecule has 1 N–H and O–H groups in total. The molecule has 0 fully saturated rings. The molecule has 21 heavy (non-hydrogen) atoms. The van der Waals surface area contributed by atoms with E-state index in [1.807, 2.05) is 13.8 Å². The van der Waals surface area contributed by atoms with Crippen LogP contribution in [0.4, 0.5) is 13.2 Å². The number of halogens is 3. The minimum atomic E-state index is -4.72. The normalized spacial score (nSPS) is 12.3. The zero-order valence-electron chi connectivity index (χ0n) is 12.6. The van der Waals surface area contributed by atoms with Crippen molar-refractivity contribution in [2.45, 2.75) is 33.6 Å². The minimum absolute atomic E-state index is 0.0957. The second kappa shape index (κ2) is 7.54. The van der Waals surface area contributed by atoms with Crippen LogP contribution < -0.4 is 14.8 Å². The van der Waals surface area contributed by atoms with Crippen molar-refractivity contribution in [2.75, 3.05) is 19.7 Å². The standard InChI is InChI=1S/C15H22F3NO2/c1-4-9-19-10-14(2,3)11-20-12-7-5-6-8-13(12)21-15(16,17)18/h5-8,19H,4,9-11H2,1-3H3. The maximum absolute atomic E-state index is 12.3. The minimum Gasteiger partial charge on any atom is -0.489 e. The van der Waals surface area contributed by atoms with Gasteiger partial charge in [0.2, 0.25) is 0 Å². The van der Waals surface area contributed by atoms with Gasteiger partial charge in [-0.1, -0.05) is 32.9 Å². The van der Waals surface area contributed by atoms with Crippen LogP contribution in [0.2, 0.25) is 0 Å². The van der Waals surface area contributed by atoms with Crippen LogP contribution in [0, 0.1) is 5.41 Å². The van der Waals surface area contributed by atoms with Crippen molar-refractivity contribution < 1.29 is 22.6 Å². The fourth-order valence-corrected chi connectivity index (χ4v) is 1.71. The van der Waals surface area contributed by atoms with E-state index in [2.05, 4.69) is 17.0 Å². The highest BCUT2D eigenvalue weighted by Gasteiger charge is 2.32. The molecule has 0 spiro atoms. The summed E-state index contributed by atoms with van der Waals surface area (Å²) in [7, 11) is 0. The lowest BCUT2D eigenvalue weighted by atomic mass is 9.95. The van der Waals surface area contributed by atoms with Crippen LogP contribution in [-0.4, -0.2) is 26.1 Å². The molecule has 6 heteroatoms. The van der Waals surface area contributed by atoms with Crippen molar-refractivity contribution in [3.63, 3.8) is 0 Å². The van der Waals surface area contributed by atoms with E-state index in [4.69, 9.17) is 4.74 Å². The number of nitrogens with one attached hydrogen (secondary N) is 1. The molecule has 0 atom stereocenters. The molecule has 0 heterocycles.